The quantitative estimate of drug-likeness (QED) is 0.678. The lowest BCUT2D eigenvalue weighted by Gasteiger charge is -2.31. The fourth-order valence-electron chi connectivity index (χ4n) is 2.17. The summed E-state index contributed by atoms with van der Waals surface area (Å²) in [7, 11) is 1.29. The van der Waals surface area contributed by atoms with E-state index in [1.165, 1.54) is 18.9 Å². The summed E-state index contributed by atoms with van der Waals surface area (Å²) in [5.41, 5.74) is 0. The van der Waals surface area contributed by atoms with Crippen LogP contribution in [-0.4, -0.2) is 78.7 Å². The molecule has 2 heterocycles. The SMILES string of the molecule is COC(=O)C1CN(C(=O)CCN2CCSC2=O)CCO1. The van der Waals surface area contributed by atoms with Gasteiger partial charge in [0.15, 0.2) is 6.10 Å². The molecule has 0 N–H and O–H groups in total. The van der Waals surface area contributed by atoms with E-state index in [0.29, 0.717) is 26.2 Å². The lowest BCUT2D eigenvalue weighted by Crippen LogP contribution is -2.49. The third-order valence-electron chi connectivity index (χ3n) is 3.32. The molecule has 0 aromatic heterocycles. The zero-order chi connectivity index (χ0) is 14.5. The van der Waals surface area contributed by atoms with E-state index in [0.717, 1.165) is 5.75 Å². The first-order chi connectivity index (χ1) is 9.61. The van der Waals surface area contributed by atoms with Gasteiger partial charge in [0.05, 0.1) is 20.3 Å². The Hall–Kier alpha value is -1.28. The molecule has 2 aliphatic rings. The van der Waals surface area contributed by atoms with Crippen molar-refractivity contribution in [2.45, 2.75) is 12.5 Å². The van der Waals surface area contributed by atoms with E-state index in [2.05, 4.69) is 4.74 Å². The Morgan fingerprint density at radius 3 is 2.90 bits per heavy atom. The van der Waals surface area contributed by atoms with Crippen LogP contribution in [-0.2, 0) is 19.1 Å². The van der Waals surface area contributed by atoms with Gasteiger partial charge in [0, 0.05) is 31.8 Å². The van der Waals surface area contributed by atoms with Crippen molar-refractivity contribution in [2.24, 2.45) is 0 Å². The average molecular weight is 302 g/mol. The van der Waals surface area contributed by atoms with Gasteiger partial charge < -0.3 is 19.3 Å². The van der Waals surface area contributed by atoms with E-state index in [1.54, 1.807) is 9.80 Å². The van der Waals surface area contributed by atoms with Crippen LogP contribution >= 0.6 is 11.8 Å². The minimum atomic E-state index is -0.707. The Morgan fingerprint density at radius 1 is 1.45 bits per heavy atom. The molecule has 7 nitrogen and oxygen atoms in total. The summed E-state index contributed by atoms with van der Waals surface area (Å²) in [4.78, 5) is 38.2. The number of carbonyl (C=O) groups is 3. The number of esters is 1. The largest absolute Gasteiger partial charge is 0.467 e. The highest BCUT2D eigenvalue weighted by Crippen LogP contribution is 2.17. The maximum absolute atomic E-state index is 12.1. The molecule has 8 heteroatoms. The first kappa shape index (κ1) is 15.1. The van der Waals surface area contributed by atoms with Crippen molar-refractivity contribution < 1.29 is 23.9 Å². The smallest absolute Gasteiger partial charge is 0.336 e. The van der Waals surface area contributed by atoms with Crippen LogP contribution in [0.15, 0.2) is 0 Å². The molecule has 2 fully saturated rings. The van der Waals surface area contributed by atoms with Gasteiger partial charge in [-0.15, -0.1) is 0 Å². The van der Waals surface area contributed by atoms with Crippen molar-refractivity contribution >= 4 is 28.9 Å². The van der Waals surface area contributed by atoms with Crippen molar-refractivity contribution in [3.63, 3.8) is 0 Å². The lowest BCUT2D eigenvalue weighted by molar-refractivity contribution is -0.162. The number of ether oxygens (including phenoxy) is 2. The summed E-state index contributed by atoms with van der Waals surface area (Å²) >= 11 is 1.28. The molecule has 0 aliphatic carbocycles. The number of rotatable bonds is 4. The van der Waals surface area contributed by atoms with Crippen molar-refractivity contribution in [3.05, 3.63) is 0 Å². The zero-order valence-electron chi connectivity index (χ0n) is 11.4. The van der Waals surface area contributed by atoms with E-state index >= 15 is 0 Å². The molecule has 112 valence electrons. The van der Waals surface area contributed by atoms with Crippen LogP contribution in [0.5, 0.6) is 0 Å². The Morgan fingerprint density at radius 2 is 2.25 bits per heavy atom. The van der Waals surface area contributed by atoms with Gasteiger partial charge in [-0.2, -0.15) is 0 Å². The molecule has 0 spiro atoms. The van der Waals surface area contributed by atoms with Crippen LogP contribution < -0.4 is 0 Å². The number of hydrogen-bond donors (Lipinski definition) is 0. The second-order valence-corrected chi connectivity index (χ2v) is 5.62. The van der Waals surface area contributed by atoms with E-state index in [1.807, 2.05) is 0 Å². The van der Waals surface area contributed by atoms with E-state index in [-0.39, 0.29) is 24.1 Å². The third-order valence-corrected chi connectivity index (χ3v) is 4.22. The van der Waals surface area contributed by atoms with E-state index in [4.69, 9.17) is 4.74 Å². The van der Waals surface area contributed by atoms with Crippen molar-refractivity contribution in [3.8, 4) is 0 Å². The summed E-state index contributed by atoms with van der Waals surface area (Å²) < 4.78 is 9.89. The van der Waals surface area contributed by atoms with Crippen LogP contribution in [0.4, 0.5) is 4.79 Å². The van der Waals surface area contributed by atoms with Gasteiger partial charge in [0.25, 0.3) is 5.24 Å². The summed E-state index contributed by atoms with van der Waals surface area (Å²) in [6.07, 6.45) is -0.429. The lowest BCUT2D eigenvalue weighted by atomic mass is 10.2. The molecule has 0 aromatic rings. The molecule has 2 saturated heterocycles. The second kappa shape index (κ2) is 6.94. The Bertz CT molecular complexity index is 403. The summed E-state index contributed by atoms with van der Waals surface area (Å²) in [5.74, 6) is 0.259. The van der Waals surface area contributed by atoms with Crippen LogP contribution in [0.3, 0.4) is 0 Å². The summed E-state index contributed by atoms with van der Waals surface area (Å²) in [6, 6.07) is 0. The molecule has 0 bridgehead atoms. The van der Waals surface area contributed by atoms with Gasteiger partial charge in [-0.1, -0.05) is 11.8 Å². The van der Waals surface area contributed by atoms with E-state index in [9.17, 15) is 14.4 Å². The summed E-state index contributed by atoms with van der Waals surface area (Å²) in [5, 5.41) is 0.0345. The number of methoxy groups -OCH3 is 1. The number of nitrogens with zero attached hydrogens (tertiary/aromatic N) is 2. The second-order valence-electron chi connectivity index (χ2n) is 4.57. The normalized spacial score (nSPS) is 23.1. The Kier molecular flexibility index (Phi) is 5.24. The number of amides is 2. The number of hydrogen-bond acceptors (Lipinski definition) is 6. The average Bonchev–Trinajstić information content (AvgIpc) is 2.89. The molecule has 2 aliphatic heterocycles. The molecule has 1 unspecified atom stereocenters. The predicted molar refractivity (Wildman–Crippen MR) is 72.4 cm³/mol. The standard InChI is InChI=1S/C12H18N2O5S/c1-18-11(16)9-8-14(4-6-19-9)10(15)2-3-13-5-7-20-12(13)17/h9H,2-8H2,1H3. The van der Waals surface area contributed by atoms with Gasteiger partial charge >= 0.3 is 5.97 Å². The molecular weight excluding hydrogens is 284 g/mol. The molecule has 20 heavy (non-hydrogen) atoms. The third kappa shape index (κ3) is 3.63. The number of morpholine rings is 1. The predicted octanol–water partition coefficient (Wildman–Crippen LogP) is -0.0543. The number of carbonyl (C=O) groups excluding carboxylic acids is 3. The molecular formula is C12H18N2O5S. The Balaban J connectivity index is 1.79. The highest BCUT2D eigenvalue weighted by Gasteiger charge is 2.30. The Labute approximate surface area is 121 Å². The molecule has 1 atom stereocenters. The van der Waals surface area contributed by atoms with Crippen molar-refractivity contribution in [1.29, 1.82) is 0 Å². The van der Waals surface area contributed by atoms with Crippen molar-refractivity contribution in [2.75, 3.05) is 45.6 Å². The first-order valence-electron chi connectivity index (χ1n) is 6.50. The van der Waals surface area contributed by atoms with E-state index < -0.39 is 12.1 Å². The maximum atomic E-state index is 12.1. The minimum absolute atomic E-state index is 0.0345. The van der Waals surface area contributed by atoms with Crippen molar-refractivity contribution in [1.82, 2.24) is 9.80 Å². The van der Waals surface area contributed by atoms with Crippen LogP contribution in [0.2, 0.25) is 0 Å². The molecule has 0 aromatic carbocycles. The van der Waals surface area contributed by atoms with Gasteiger partial charge in [-0.3, -0.25) is 9.59 Å². The van der Waals surface area contributed by atoms with Crippen LogP contribution in [0, 0.1) is 0 Å². The van der Waals surface area contributed by atoms with Crippen LogP contribution in [0.25, 0.3) is 0 Å². The minimum Gasteiger partial charge on any atom is -0.467 e. The summed E-state index contributed by atoms with van der Waals surface area (Å²) in [6.45, 7) is 2.14. The molecule has 0 saturated carbocycles. The molecule has 0 radical (unpaired) electrons. The highest BCUT2D eigenvalue weighted by atomic mass is 32.2. The molecule has 2 amide bonds. The maximum Gasteiger partial charge on any atom is 0.336 e. The topological polar surface area (TPSA) is 76.2 Å². The fourth-order valence-corrected chi connectivity index (χ4v) is 3.02. The first-order valence-corrected chi connectivity index (χ1v) is 7.49. The highest BCUT2D eigenvalue weighted by molar-refractivity contribution is 8.13. The van der Waals surface area contributed by atoms with Gasteiger partial charge in [-0.25, -0.2) is 4.79 Å². The number of thioether (sulfide) groups is 1. The van der Waals surface area contributed by atoms with Gasteiger partial charge in [-0.05, 0) is 0 Å². The van der Waals surface area contributed by atoms with Gasteiger partial charge in [0.1, 0.15) is 0 Å². The van der Waals surface area contributed by atoms with Crippen LogP contribution in [0.1, 0.15) is 6.42 Å². The zero-order valence-corrected chi connectivity index (χ0v) is 12.2. The monoisotopic (exact) mass is 302 g/mol. The fraction of sp³-hybridized carbons (Fsp3) is 0.750. The molecule has 2 rings (SSSR count). The van der Waals surface area contributed by atoms with Gasteiger partial charge in [0.2, 0.25) is 5.91 Å².